The van der Waals surface area contributed by atoms with Crippen molar-refractivity contribution in [3.05, 3.63) is 27.7 Å². The first-order chi connectivity index (χ1) is 8.99. The van der Waals surface area contributed by atoms with Crippen molar-refractivity contribution >= 4 is 49.3 Å². The maximum atomic E-state index is 12.2. The van der Waals surface area contributed by atoms with Crippen molar-refractivity contribution in [3.8, 4) is 0 Å². The zero-order chi connectivity index (χ0) is 13.9. The van der Waals surface area contributed by atoms with Gasteiger partial charge in [-0.1, -0.05) is 11.6 Å². The van der Waals surface area contributed by atoms with Crippen molar-refractivity contribution in [2.75, 3.05) is 18.1 Å². The molecule has 19 heavy (non-hydrogen) atoms. The number of hydrogen-bond acceptors (Lipinski definition) is 3. The number of benzene rings is 1. The van der Waals surface area contributed by atoms with Crippen LogP contribution in [0.3, 0.4) is 0 Å². The first-order valence-corrected chi connectivity index (χ1v) is 9.82. The molecule has 1 aromatic rings. The van der Waals surface area contributed by atoms with E-state index in [9.17, 15) is 8.42 Å². The maximum absolute atomic E-state index is 12.2. The smallest absolute Gasteiger partial charge is 0.211 e. The maximum Gasteiger partial charge on any atom is 0.240 e. The van der Waals surface area contributed by atoms with Gasteiger partial charge in [0, 0.05) is 11.0 Å². The fourth-order valence-corrected chi connectivity index (χ4v) is 4.90. The van der Waals surface area contributed by atoms with Gasteiger partial charge in [0.1, 0.15) is 0 Å². The minimum atomic E-state index is -3.44. The minimum absolute atomic E-state index is 0.244. The van der Waals surface area contributed by atoms with Crippen LogP contribution in [0.1, 0.15) is 12.8 Å². The molecule has 1 heterocycles. The van der Waals surface area contributed by atoms with Crippen molar-refractivity contribution in [2.24, 2.45) is 5.92 Å². The third-order valence-electron chi connectivity index (χ3n) is 3.10. The molecule has 1 aliphatic rings. The third-order valence-corrected chi connectivity index (χ3v) is 6.79. The second kappa shape index (κ2) is 6.80. The predicted molar refractivity (Wildman–Crippen MR) is 84.4 cm³/mol. The number of rotatable bonds is 4. The lowest BCUT2D eigenvalue weighted by Crippen LogP contribution is -2.31. The molecule has 2 rings (SSSR count). The van der Waals surface area contributed by atoms with Crippen LogP contribution in [0.4, 0.5) is 0 Å². The highest BCUT2D eigenvalue weighted by molar-refractivity contribution is 9.10. The van der Waals surface area contributed by atoms with E-state index in [0.717, 1.165) is 24.3 Å². The van der Waals surface area contributed by atoms with E-state index in [1.165, 1.54) is 12.1 Å². The molecule has 0 saturated carbocycles. The normalized spacial score (nSPS) is 17.6. The van der Waals surface area contributed by atoms with E-state index in [4.69, 9.17) is 11.6 Å². The summed E-state index contributed by atoms with van der Waals surface area (Å²) in [6, 6.07) is 4.63. The molecule has 1 N–H and O–H groups in total. The highest BCUT2D eigenvalue weighted by Gasteiger charge is 2.19. The van der Waals surface area contributed by atoms with Gasteiger partial charge in [0.2, 0.25) is 10.0 Å². The highest BCUT2D eigenvalue weighted by Crippen LogP contribution is 2.26. The number of hydrogen-bond donors (Lipinski definition) is 1. The fourth-order valence-electron chi connectivity index (χ4n) is 1.91. The van der Waals surface area contributed by atoms with Crippen LogP contribution in [0.15, 0.2) is 27.6 Å². The molecule has 1 saturated heterocycles. The van der Waals surface area contributed by atoms with E-state index in [2.05, 4.69) is 20.7 Å². The second-order valence-electron chi connectivity index (χ2n) is 4.48. The molecule has 0 aliphatic carbocycles. The fraction of sp³-hybridized carbons (Fsp3) is 0.500. The van der Waals surface area contributed by atoms with Crippen LogP contribution in [0.2, 0.25) is 5.02 Å². The number of sulfonamides is 1. The van der Waals surface area contributed by atoms with Crippen LogP contribution in [0, 0.1) is 5.92 Å². The van der Waals surface area contributed by atoms with Crippen LogP contribution in [-0.4, -0.2) is 26.5 Å². The Morgan fingerprint density at radius 3 is 2.68 bits per heavy atom. The minimum Gasteiger partial charge on any atom is -0.211 e. The standard InChI is InChI=1S/C12H15BrClNO2S2/c13-11-7-10(1-2-12(11)14)19(16,17)15-8-9-3-5-18-6-4-9/h1-2,7,9,15H,3-6,8H2. The van der Waals surface area contributed by atoms with Gasteiger partial charge in [0.25, 0.3) is 0 Å². The van der Waals surface area contributed by atoms with Crippen LogP contribution in [0.5, 0.6) is 0 Å². The van der Waals surface area contributed by atoms with Crippen molar-refractivity contribution in [3.63, 3.8) is 0 Å². The van der Waals surface area contributed by atoms with Gasteiger partial charge in [0.15, 0.2) is 0 Å². The Morgan fingerprint density at radius 1 is 1.37 bits per heavy atom. The summed E-state index contributed by atoms with van der Waals surface area (Å²) in [5.41, 5.74) is 0. The Labute approximate surface area is 131 Å². The van der Waals surface area contributed by atoms with Crippen LogP contribution in [0.25, 0.3) is 0 Å². The Kier molecular flexibility index (Phi) is 5.60. The molecule has 0 amide bonds. The lowest BCUT2D eigenvalue weighted by Gasteiger charge is -2.21. The largest absolute Gasteiger partial charge is 0.240 e. The lowest BCUT2D eigenvalue weighted by atomic mass is 10.0. The second-order valence-corrected chi connectivity index (χ2v) is 8.74. The average Bonchev–Trinajstić information content (AvgIpc) is 2.41. The number of thioether (sulfide) groups is 1. The Morgan fingerprint density at radius 2 is 2.05 bits per heavy atom. The monoisotopic (exact) mass is 383 g/mol. The van der Waals surface area contributed by atoms with Gasteiger partial charge in [-0.3, -0.25) is 0 Å². The van der Waals surface area contributed by atoms with Gasteiger partial charge in [0.05, 0.1) is 9.92 Å². The Bertz CT molecular complexity index is 545. The van der Waals surface area contributed by atoms with Crippen LogP contribution < -0.4 is 4.72 Å². The van der Waals surface area contributed by atoms with E-state index in [1.54, 1.807) is 6.07 Å². The van der Waals surface area contributed by atoms with Gasteiger partial charge < -0.3 is 0 Å². The summed E-state index contributed by atoms with van der Waals surface area (Å²) in [6.45, 7) is 0.517. The number of nitrogens with one attached hydrogen (secondary N) is 1. The quantitative estimate of drug-likeness (QED) is 0.864. The SMILES string of the molecule is O=S(=O)(NCC1CCSCC1)c1ccc(Cl)c(Br)c1. The zero-order valence-corrected chi connectivity index (χ0v) is 14.2. The van der Waals surface area contributed by atoms with E-state index in [0.29, 0.717) is 22.0 Å². The first-order valence-electron chi connectivity index (χ1n) is 6.01. The molecule has 1 aliphatic heterocycles. The van der Waals surface area contributed by atoms with Gasteiger partial charge in [-0.05, 0) is 64.4 Å². The van der Waals surface area contributed by atoms with Crippen LogP contribution >= 0.6 is 39.3 Å². The summed E-state index contributed by atoms with van der Waals surface area (Å²) < 4.78 is 27.6. The van der Waals surface area contributed by atoms with Crippen LogP contribution in [-0.2, 0) is 10.0 Å². The summed E-state index contributed by atoms with van der Waals surface area (Å²) in [7, 11) is -3.44. The molecule has 7 heteroatoms. The lowest BCUT2D eigenvalue weighted by molar-refractivity contribution is 0.476. The topological polar surface area (TPSA) is 46.2 Å². The molecule has 3 nitrogen and oxygen atoms in total. The zero-order valence-electron chi connectivity index (χ0n) is 10.2. The summed E-state index contributed by atoms with van der Waals surface area (Å²) in [5, 5.41) is 0.503. The van der Waals surface area contributed by atoms with E-state index in [1.807, 2.05) is 11.8 Å². The molecule has 0 atom stereocenters. The average molecular weight is 385 g/mol. The van der Waals surface area contributed by atoms with Gasteiger partial charge in [-0.15, -0.1) is 0 Å². The Hall–Kier alpha value is 0.250. The molecule has 0 bridgehead atoms. The third kappa shape index (κ3) is 4.36. The first kappa shape index (κ1) is 15.6. The predicted octanol–water partition coefficient (Wildman–Crippen LogP) is 3.52. The van der Waals surface area contributed by atoms with E-state index in [-0.39, 0.29) is 4.90 Å². The molecule has 0 spiro atoms. The molecule has 0 unspecified atom stereocenters. The number of halogens is 2. The molecular weight excluding hydrogens is 370 g/mol. The molecule has 1 aromatic carbocycles. The molecular formula is C12H15BrClNO2S2. The van der Waals surface area contributed by atoms with E-state index < -0.39 is 10.0 Å². The summed E-state index contributed by atoms with van der Waals surface area (Å²) >= 11 is 11.0. The molecule has 0 radical (unpaired) electrons. The molecule has 106 valence electrons. The van der Waals surface area contributed by atoms with Crippen molar-refractivity contribution in [1.29, 1.82) is 0 Å². The van der Waals surface area contributed by atoms with E-state index >= 15 is 0 Å². The van der Waals surface area contributed by atoms with Crippen molar-refractivity contribution in [2.45, 2.75) is 17.7 Å². The highest BCUT2D eigenvalue weighted by atomic mass is 79.9. The molecule has 0 aromatic heterocycles. The molecule has 1 fully saturated rings. The van der Waals surface area contributed by atoms with Gasteiger partial charge in [-0.25, -0.2) is 13.1 Å². The van der Waals surface area contributed by atoms with Gasteiger partial charge >= 0.3 is 0 Å². The van der Waals surface area contributed by atoms with Crippen molar-refractivity contribution < 1.29 is 8.42 Å². The van der Waals surface area contributed by atoms with Gasteiger partial charge in [-0.2, -0.15) is 11.8 Å². The van der Waals surface area contributed by atoms with Crippen molar-refractivity contribution in [1.82, 2.24) is 4.72 Å². The Balaban J connectivity index is 2.02. The summed E-state index contributed by atoms with van der Waals surface area (Å²) in [4.78, 5) is 0.244. The summed E-state index contributed by atoms with van der Waals surface area (Å²) in [6.07, 6.45) is 2.16. The summed E-state index contributed by atoms with van der Waals surface area (Å²) in [5.74, 6) is 2.70.